The third-order valence-corrected chi connectivity index (χ3v) is 2.43. The highest BCUT2D eigenvalue weighted by molar-refractivity contribution is 5.67. The molecule has 0 amide bonds. The maximum absolute atomic E-state index is 13.1. The number of rotatable bonds is 5. The van der Waals surface area contributed by atoms with E-state index in [0.29, 0.717) is 6.42 Å². The molecule has 0 aliphatic heterocycles. The summed E-state index contributed by atoms with van der Waals surface area (Å²) in [5, 5.41) is 8.64. The topological polar surface area (TPSA) is 37.3 Å². The number of alkyl halides is 1. The van der Waals surface area contributed by atoms with E-state index in [1.54, 1.807) is 0 Å². The maximum atomic E-state index is 13.1. The van der Waals surface area contributed by atoms with Crippen LogP contribution in [0.3, 0.4) is 0 Å². The van der Waals surface area contributed by atoms with Crippen molar-refractivity contribution < 1.29 is 14.3 Å². The van der Waals surface area contributed by atoms with Gasteiger partial charge < -0.3 is 5.11 Å². The van der Waals surface area contributed by atoms with E-state index >= 15 is 0 Å². The van der Waals surface area contributed by atoms with Gasteiger partial charge in [-0.3, -0.25) is 4.79 Å². The van der Waals surface area contributed by atoms with Gasteiger partial charge in [-0.2, -0.15) is 0 Å². The summed E-state index contributed by atoms with van der Waals surface area (Å²) < 4.78 is 13.1. The van der Waals surface area contributed by atoms with Crippen LogP contribution in [0.15, 0.2) is 30.3 Å². The molecular weight excluding hydrogens is 195 g/mol. The van der Waals surface area contributed by atoms with Gasteiger partial charge in [0.2, 0.25) is 0 Å². The average molecular weight is 210 g/mol. The molecular formula is C12H15FO2. The van der Waals surface area contributed by atoms with Gasteiger partial charge in [-0.1, -0.05) is 30.3 Å². The molecule has 1 aromatic carbocycles. The van der Waals surface area contributed by atoms with Crippen LogP contribution in [0.5, 0.6) is 0 Å². The first kappa shape index (κ1) is 11.7. The van der Waals surface area contributed by atoms with Gasteiger partial charge >= 0.3 is 5.97 Å². The van der Waals surface area contributed by atoms with E-state index < -0.39 is 18.1 Å². The second-order valence-electron chi connectivity index (χ2n) is 3.73. The third-order valence-electron chi connectivity index (χ3n) is 2.43. The van der Waals surface area contributed by atoms with E-state index in [4.69, 9.17) is 5.11 Å². The van der Waals surface area contributed by atoms with Crippen LogP contribution in [-0.4, -0.2) is 17.2 Å². The molecule has 0 saturated heterocycles. The Bertz CT molecular complexity index is 309. The van der Waals surface area contributed by atoms with Crippen molar-refractivity contribution in [2.75, 3.05) is 0 Å². The summed E-state index contributed by atoms with van der Waals surface area (Å²) in [5.41, 5.74) is 0.980. The fraction of sp³-hybridized carbons (Fsp3) is 0.417. The van der Waals surface area contributed by atoms with Crippen molar-refractivity contribution in [3.63, 3.8) is 0 Å². The van der Waals surface area contributed by atoms with E-state index in [9.17, 15) is 9.18 Å². The molecule has 0 aliphatic rings. The Labute approximate surface area is 88.7 Å². The van der Waals surface area contributed by atoms with Crippen LogP contribution in [0.25, 0.3) is 0 Å². The summed E-state index contributed by atoms with van der Waals surface area (Å²) >= 11 is 0. The van der Waals surface area contributed by atoms with Crippen LogP contribution in [0.4, 0.5) is 4.39 Å². The van der Waals surface area contributed by atoms with Crippen LogP contribution in [0.2, 0.25) is 0 Å². The lowest BCUT2D eigenvalue weighted by molar-refractivity contribution is -0.138. The van der Waals surface area contributed by atoms with Crippen LogP contribution < -0.4 is 0 Å². The number of halogens is 1. The molecule has 0 bridgehead atoms. The summed E-state index contributed by atoms with van der Waals surface area (Å²) in [6.45, 7) is 1.41. The van der Waals surface area contributed by atoms with Crippen molar-refractivity contribution in [1.82, 2.24) is 0 Å². The fourth-order valence-corrected chi connectivity index (χ4v) is 1.54. The molecule has 2 nitrogen and oxygen atoms in total. The molecule has 2 atom stereocenters. The molecule has 2 unspecified atom stereocenters. The largest absolute Gasteiger partial charge is 0.481 e. The Kier molecular flexibility index (Phi) is 4.28. The van der Waals surface area contributed by atoms with Gasteiger partial charge in [-0.25, -0.2) is 4.39 Å². The van der Waals surface area contributed by atoms with Crippen molar-refractivity contribution in [2.45, 2.75) is 25.9 Å². The van der Waals surface area contributed by atoms with Crippen molar-refractivity contribution in [1.29, 1.82) is 0 Å². The lowest BCUT2D eigenvalue weighted by Crippen LogP contribution is -2.19. The molecule has 0 heterocycles. The Balaban J connectivity index is 2.63. The van der Waals surface area contributed by atoms with Gasteiger partial charge in [0.25, 0.3) is 0 Å². The van der Waals surface area contributed by atoms with Gasteiger partial charge in [0.15, 0.2) is 0 Å². The van der Waals surface area contributed by atoms with Crippen molar-refractivity contribution in [3.05, 3.63) is 35.9 Å². The zero-order chi connectivity index (χ0) is 11.3. The van der Waals surface area contributed by atoms with Crippen molar-refractivity contribution in [3.8, 4) is 0 Å². The lowest BCUT2D eigenvalue weighted by atomic mass is 9.93. The number of aliphatic carboxylic acids is 1. The molecule has 0 spiro atoms. The molecule has 82 valence electrons. The molecule has 0 aromatic heterocycles. The number of hydrogen-bond acceptors (Lipinski definition) is 1. The quantitative estimate of drug-likeness (QED) is 0.811. The zero-order valence-corrected chi connectivity index (χ0v) is 8.69. The van der Waals surface area contributed by atoms with Crippen LogP contribution in [-0.2, 0) is 11.2 Å². The van der Waals surface area contributed by atoms with Gasteiger partial charge in [0.05, 0.1) is 6.42 Å². The normalized spacial score (nSPS) is 14.5. The SMILES string of the molecule is CC(F)C(CC(=O)O)Cc1ccccc1. The minimum atomic E-state index is -1.10. The van der Waals surface area contributed by atoms with E-state index in [1.165, 1.54) is 6.92 Å². The summed E-state index contributed by atoms with van der Waals surface area (Å²) in [6.07, 6.45) is -0.738. The fourth-order valence-electron chi connectivity index (χ4n) is 1.54. The standard InChI is InChI=1S/C12H15FO2/c1-9(13)11(8-12(14)15)7-10-5-3-2-4-6-10/h2-6,9,11H,7-8H2,1H3,(H,14,15). The summed E-state index contributed by atoms with van der Waals surface area (Å²) in [4.78, 5) is 10.5. The zero-order valence-electron chi connectivity index (χ0n) is 8.69. The van der Waals surface area contributed by atoms with E-state index in [0.717, 1.165) is 5.56 Å². The minimum Gasteiger partial charge on any atom is -0.481 e. The van der Waals surface area contributed by atoms with E-state index in [-0.39, 0.29) is 6.42 Å². The number of carboxylic acids is 1. The van der Waals surface area contributed by atoms with Crippen molar-refractivity contribution in [2.24, 2.45) is 5.92 Å². The molecule has 0 fully saturated rings. The second-order valence-corrected chi connectivity index (χ2v) is 3.73. The molecule has 1 aromatic rings. The summed E-state index contributed by atoms with van der Waals surface area (Å²) in [5.74, 6) is -1.38. The highest BCUT2D eigenvalue weighted by Crippen LogP contribution is 2.18. The molecule has 0 aliphatic carbocycles. The van der Waals surface area contributed by atoms with Crippen LogP contribution >= 0.6 is 0 Å². The first-order valence-electron chi connectivity index (χ1n) is 4.99. The van der Waals surface area contributed by atoms with Gasteiger partial charge in [0.1, 0.15) is 6.17 Å². The van der Waals surface area contributed by atoms with Crippen LogP contribution in [0.1, 0.15) is 18.9 Å². The highest BCUT2D eigenvalue weighted by atomic mass is 19.1. The summed E-state index contributed by atoms with van der Waals surface area (Å²) in [6, 6.07) is 9.40. The van der Waals surface area contributed by atoms with Crippen LogP contribution in [0, 0.1) is 5.92 Å². The first-order valence-corrected chi connectivity index (χ1v) is 4.99. The summed E-state index contributed by atoms with van der Waals surface area (Å²) in [7, 11) is 0. The average Bonchev–Trinajstić information content (AvgIpc) is 2.17. The molecule has 0 radical (unpaired) electrons. The number of carbonyl (C=O) groups is 1. The maximum Gasteiger partial charge on any atom is 0.303 e. The highest BCUT2D eigenvalue weighted by Gasteiger charge is 2.20. The van der Waals surface area contributed by atoms with Crippen molar-refractivity contribution >= 4 is 5.97 Å². The Hall–Kier alpha value is -1.38. The van der Waals surface area contributed by atoms with E-state index in [2.05, 4.69) is 0 Å². The predicted molar refractivity (Wildman–Crippen MR) is 56.5 cm³/mol. The van der Waals surface area contributed by atoms with E-state index in [1.807, 2.05) is 30.3 Å². The monoisotopic (exact) mass is 210 g/mol. The molecule has 1 N–H and O–H groups in total. The third kappa shape index (κ3) is 4.11. The Morgan fingerprint density at radius 3 is 2.47 bits per heavy atom. The number of benzene rings is 1. The molecule has 3 heteroatoms. The van der Waals surface area contributed by atoms with Gasteiger partial charge in [-0.05, 0) is 18.9 Å². The smallest absolute Gasteiger partial charge is 0.303 e. The molecule has 0 saturated carbocycles. The Morgan fingerprint density at radius 1 is 1.40 bits per heavy atom. The molecule has 15 heavy (non-hydrogen) atoms. The first-order chi connectivity index (χ1) is 7.09. The van der Waals surface area contributed by atoms with Gasteiger partial charge in [0, 0.05) is 5.92 Å². The number of carboxylic acid groups (broad SMARTS) is 1. The minimum absolute atomic E-state index is 0.118. The second kappa shape index (κ2) is 5.49. The Morgan fingerprint density at radius 2 is 2.00 bits per heavy atom. The molecule has 1 rings (SSSR count). The predicted octanol–water partition coefficient (Wildman–Crippen LogP) is 2.68. The number of hydrogen-bond donors (Lipinski definition) is 1. The van der Waals surface area contributed by atoms with Gasteiger partial charge in [-0.15, -0.1) is 0 Å². The lowest BCUT2D eigenvalue weighted by Gasteiger charge is -2.15.